The van der Waals surface area contributed by atoms with E-state index in [2.05, 4.69) is 14.9 Å². The second-order valence-corrected chi connectivity index (χ2v) is 7.94. The second-order valence-electron chi connectivity index (χ2n) is 7.94. The smallest absolute Gasteiger partial charge is 0.220 e. The fourth-order valence-corrected chi connectivity index (χ4v) is 3.51. The Kier molecular flexibility index (Phi) is 6.79. The first-order valence-corrected chi connectivity index (χ1v) is 10.2. The highest BCUT2D eigenvalue weighted by atomic mass is 16.5. The van der Waals surface area contributed by atoms with Crippen molar-refractivity contribution in [2.24, 2.45) is 5.73 Å². The number of imidazole rings is 1. The largest absolute Gasteiger partial charge is 0.374 e. The molecule has 0 fully saturated rings. The fourth-order valence-electron chi connectivity index (χ4n) is 3.51. The summed E-state index contributed by atoms with van der Waals surface area (Å²) in [6, 6.07) is 7.92. The van der Waals surface area contributed by atoms with Crippen molar-refractivity contribution >= 4 is 33.6 Å². The Morgan fingerprint density at radius 2 is 1.97 bits per heavy atom. The minimum Gasteiger partial charge on any atom is -0.374 e. The summed E-state index contributed by atoms with van der Waals surface area (Å²) >= 11 is 0. The van der Waals surface area contributed by atoms with Crippen molar-refractivity contribution in [3.63, 3.8) is 0 Å². The summed E-state index contributed by atoms with van der Waals surface area (Å²) in [7, 11) is 0. The predicted octanol–water partition coefficient (Wildman–Crippen LogP) is 2.32. The van der Waals surface area contributed by atoms with E-state index in [1.54, 1.807) is 6.20 Å². The first-order chi connectivity index (χ1) is 14.3. The maximum atomic E-state index is 12.4. The van der Waals surface area contributed by atoms with Crippen LogP contribution in [0.2, 0.25) is 0 Å². The van der Waals surface area contributed by atoms with Gasteiger partial charge in [-0.1, -0.05) is 18.2 Å². The SMILES string of the molecule is CCOCc1nc2cnc3ccccc3c2n1CC(C)(C)NC(=O)CCC(=O)CN. The first kappa shape index (κ1) is 21.9. The van der Waals surface area contributed by atoms with Crippen LogP contribution in [0.3, 0.4) is 0 Å². The molecular weight excluding hydrogens is 382 g/mol. The number of nitrogens with one attached hydrogen (secondary N) is 1. The zero-order valence-corrected chi connectivity index (χ0v) is 17.8. The summed E-state index contributed by atoms with van der Waals surface area (Å²) in [5.41, 5.74) is 7.40. The van der Waals surface area contributed by atoms with Crippen molar-refractivity contribution < 1.29 is 14.3 Å². The van der Waals surface area contributed by atoms with Crippen molar-refractivity contribution in [3.8, 4) is 0 Å². The molecule has 0 aliphatic rings. The van der Waals surface area contributed by atoms with Crippen LogP contribution >= 0.6 is 0 Å². The van der Waals surface area contributed by atoms with E-state index in [1.165, 1.54) is 0 Å². The zero-order chi connectivity index (χ0) is 21.7. The van der Waals surface area contributed by atoms with E-state index in [4.69, 9.17) is 15.5 Å². The van der Waals surface area contributed by atoms with Gasteiger partial charge in [0.1, 0.15) is 23.7 Å². The van der Waals surface area contributed by atoms with E-state index in [0.29, 0.717) is 19.8 Å². The number of hydrogen-bond acceptors (Lipinski definition) is 6. The van der Waals surface area contributed by atoms with Gasteiger partial charge in [-0.25, -0.2) is 4.98 Å². The van der Waals surface area contributed by atoms with Gasteiger partial charge in [0, 0.05) is 31.4 Å². The molecule has 8 heteroatoms. The maximum absolute atomic E-state index is 12.4. The van der Waals surface area contributed by atoms with Crippen molar-refractivity contribution in [2.45, 2.75) is 52.3 Å². The minimum atomic E-state index is -0.568. The number of carbonyl (C=O) groups excluding carboxylic acids is 2. The van der Waals surface area contributed by atoms with Gasteiger partial charge in [-0.15, -0.1) is 0 Å². The number of hydrogen-bond donors (Lipinski definition) is 2. The van der Waals surface area contributed by atoms with Crippen molar-refractivity contribution in [3.05, 3.63) is 36.3 Å². The molecule has 0 saturated heterocycles. The monoisotopic (exact) mass is 411 g/mol. The molecule has 0 atom stereocenters. The van der Waals surface area contributed by atoms with Crippen molar-refractivity contribution in [1.29, 1.82) is 0 Å². The van der Waals surface area contributed by atoms with Crippen LogP contribution in [0.15, 0.2) is 30.5 Å². The van der Waals surface area contributed by atoms with Crippen LogP contribution < -0.4 is 11.1 Å². The van der Waals surface area contributed by atoms with Gasteiger partial charge in [0.15, 0.2) is 0 Å². The number of aromatic nitrogens is 3. The zero-order valence-electron chi connectivity index (χ0n) is 17.8. The van der Waals surface area contributed by atoms with Gasteiger partial charge >= 0.3 is 0 Å². The highest BCUT2D eigenvalue weighted by Crippen LogP contribution is 2.26. The van der Waals surface area contributed by atoms with E-state index >= 15 is 0 Å². The topological polar surface area (TPSA) is 112 Å². The Morgan fingerprint density at radius 3 is 2.70 bits per heavy atom. The number of amides is 1. The third-order valence-electron chi connectivity index (χ3n) is 4.88. The Balaban J connectivity index is 1.93. The standard InChI is InChI=1S/C22H29N5O3/c1-4-30-13-19-25-18-12-24-17-8-6-5-7-16(17)21(18)27(19)14-22(2,3)26-20(29)10-9-15(28)11-23/h5-8,12H,4,9-11,13-14,23H2,1-3H3,(H,26,29). The molecule has 0 bridgehead atoms. The molecule has 0 saturated carbocycles. The third kappa shape index (κ3) is 5.01. The first-order valence-electron chi connectivity index (χ1n) is 10.2. The van der Waals surface area contributed by atoms with Crippen LogP contribution in [0.5, 0.6) is 0 Å². The van der Waals surface area contributed by atoms with Gasteiger partial charge in [-0.05, 0) is 26.8 Å². The quantitative estimate of drug-likeness (QED) is 0.529. The molecule has 0 radical (unpaired) electrons. The van der Waals surface area contributed by atoms with Crippen LogP contribution in [0, 0.1) is 0 Å². The lowest BCUT2D eigenvalue weighted by molar-refractivity contribution is -0.126. The number of carbonyl (C=O) groups is 2. The minimum absolute atomic E-state index is 0.0421. The lowest BCUT2D eigenvalue weighted by Crippen LogP contribution is -2.47. The normalized spacial score (nSPS) is 11.9. The van der Waals surface area contributed by atoms with Crippen LogP contribution in [-0.2, 0) is 27.5 Å². The molecule has 8 nitrogen and oxygen atoms in total. The molecule has 2 aromatic heterocycles. The van der Waals surface area contributed by atoms with Crippen LogP contribution in [-0.4, -0.2) is 44.9 Å². The highest BCUT2D eigenvalue weighted by Gasteiger charge is 2.25. The van der Waals surface area contributed by atoms with E-state index in [9.17, 15) is 9.59 Å². The lowest BCUT2D eigenvalue weighted by atomic mass is 10.0. The summed E-state index contributed by atoms with van der Waals surface area (Å²) < 4.78 is 7.73. The molecular formula is C22H29N5O3. The number of nitrogens with zero attached hydrogens (tertiary/aromatic N) is 3. The van der Waals surface area contributed by atoms with Gasteiger partial charge in [-0.2, -0.15) is 0 Å². The molecule has 1 aromatic carbocycles. The number of benzene rings is 1. The molecule has 1 amide bonds. The molecule has 2 heterocycles. The van der Waals surface area contributed by atoms with Crippen molar-refractivity contribution in [2.75, 3.05) is 13.2 Å². The number of ketones is 1. The molecule has 3 aromatic rings. The molecule has 30 heavy (non-hydrogen) atoms. The van der Waals surface area contributed by atoms with Gasteiger partial charge in [0.05, 0.1) is 29.3 Å². The van der Waals surface area contributed by atoms with E-state index in [0.717, 1.165) is 27.8 Å². The number of rotatable bonds is 10. The summed E-state index contributed by atoms with van der Waals surface area (Å²) in [6.07, 6.45) is 2.05. The number of pyridine rings is 1. The van der Waals surface area contributed by atoms with Gasteiger partial charge in [-0.3, -0.25) is 14.6 Å². The van der Waals surface area contributed by atoms with E-state index in [-0.39, 0.29) is 31.1 Å². The fraction of sp³-hybridized carbons (Fsp3) is 0.455. The molecule has 0 aliphatic heterocycles. The Labute approximate surface area is 175 Å². The Bertz CT molecular complexity index is 1060. The van der Waals surface area contributed by atoms with Crippen LogP contribution in [0.1, 0.15) is 39.4 Å². The van der Waals surface area contributed by atoms with E-state index < -0.39 is 5.54 Å². The second kappa shape index (κ2) is 9.32. The molecule has 3 rings (SSSR count). The highest BCUT2D eigenvalue weighted by molar-refractivity contribution is 6.02. The Morgan fingerprint density at radius 1 is 1.20 bits per heavy atom. The van der Waals surface area contributed by atoms with Gasteiger partial charge in [0.2, 0.25) is 5.91 Å². The van der Waals surface area contributed by atoms with Gasteiger partial charge < -0.3 is 20.4 Å². The Hall–Kier alpha value is -2.84. The third-order valence-corrected chi connectivity index (χ3v) is 4.88. The van der Waals surface area contributed by atoms with Crippen LogP contribution in [0.25, 0.3) is 21.9 Å². The van der Waals surface area contributed by atoms with Crippen molar-refractivity contribution in [1.82, 2.24) is 19.9 Å². The predicted molar refractivity (Wildman–Crippen MR) is 116 cm³/mol. The average molecular weight is 412 g/mol. The maximum Gasteiger partial charge on any atom is 0.220 e. The number of ether oxygens (including phenoxy) is 1. The lowest BCUT2D eigenvalue weighted by Gasteiger charge is -2.28. The molecule has 0 unspecified atom stereocenters. The number of fused-ring (bicyclic) bond motifs is 3. The van der Waals surface area contributed by atoms with Gasteiger partial charge in [0.25, 0.3) is 0 Å². The van der Waals surface area contributed by atoms with Crippen LogP contribution in [0.4, 0.5) is 0 Å². The summed E-state index contributed by atoms with van der Waals surface area (Å²) in [4.78, 5) is 33.0. The summed E-state index contributed by atoms with van der Waals surface area (Å²) in [5, 5.41) is 4.03. The van der Waals surface area contributed by atoms with E-state index in [1.807, 2.05) is 45.0 Å². The molecule has 160 valence electrons. The molecule has 3 N–H and O–H groups in total. The summed E-state index contributed by atoms with van der Waals surface area (Å²) in [5.74, 6) is 0.483. The average Bonchev–Trinajstić information content (AvgIpc) is 3.07. The number of nitrogens with two attached hydrogens (primary N) is 1. The molecule has 0 aliphatic carbocycles. The molecule has 0 spiro atoms. The summed E-state index contributed by atoms with van der Waals surface area (Å²) in [6.45, 7) is 7.25. The number of para-hydroxylation sites is 1. The number of Topliss-reactive ketones (excluding diaryl/α,β-unsaturated/α-hetero) is 1.